The van der Waals surface area contributed by atoms with Gasteiger partial charge in [-0.1, -0.05) is 42.1 Å². The van der Waals surface area contributed by atoms with Crippen molar-refractivity contribution in [2.45, 2.75) is 24.1 Å². The van der Waals surface area contributed by atoms with Gasteiger partial charge in [-0.3, -0.25) is 0 Å². The number of aryl methyl sites for hydroxylation is 1. The van der Waals surface area contributed by atoms with Crippen LogP contribution in [0, 0.1) is 6.92 Å². The smallest absolute Gasteiger partial charge is 0.187 e. The van der Waals surface area contributed by atoms with Crippen molar-refractivity contribution in [3.05, 3.63) is 53.9 Å². The van der Waals surface area contributed by atoms with Gasteiger partial charge in [0.2, 0.25) is 0 Å². The molecule has 0 fully saturated rings. The lowest BCUT2D eigenvalue weighted by molar-refractivity contribution is 0.0431. The van der Waals surface area contributed by atoms with Crippen molar-refractivity contribution in [2.75, 3.05) is 12.3 Å². The molecule has 106 valence electrons. The number of thioether (sulfide) groups is 1. The zero-order chi connectivity index (χ0) is 14.4. The summed E-state index contributed by atoms with van der Waals surface area (Å²) < 4.78 is 0. The number of benzene rings is 1. The van der Waals surface area contributed by atoms with E-state index in [2.05, 4.69) is 9.97 Å². The van der Waals surface area contributed by atoms with E-state index in [1.807, 2.05) is 37.3 Å². The van der Waals surface area contributed by atoms with Gasteiger partial charge in [-0.2, -0.15) is 0 Å². The van der Waals surface area contributed by atoms with Crippen LogP contribution >= 0.6 is 11.8 Å². The van der Waals surface area contributed by atoms with Gasteiger partial charge >= 0.3 is 0 Å². The van der Waals surface area contributed by atoms with Crippen LogP contribution in [0.4, 0.5) is 0 Å². The Morgan fingerprint density at radius 3 is 2.45 bits per heavy atom. The van der Waals surface area contributed by atoms with Crippen molar-refractivity contribution in [1.82, 2.24) is 9.97 Å². The third kappa shape index (κ3) is 3.79. The van der Waals surface area contributed by atoms with Crippen molar-refractivity contribution < 1.29 is 5.11 Å². The van der Waals surface area contributed by atoms with E-state index in [1.165, 1.54) is 11.8 Å². The van der Waals surface area contributed by atoms with E-state index in [9.17, 15) is 5.11 Å². The van der Waals surface area contributed by atoms with Crippen LogP contribution in [0.25, 0.3) is 0 Å². The van der Waals surface area contributed by atoms with Crippen LogP contribution in [0.15, 0.2) is 47.9 Å². The minimum Gasteiger partial charge on any atom is -0.384 e. The summed E-state index contributed by atoms with van der Waals surface area (Å²) >= 11 is 1.53. The lowest BCUT2D eigenvalue weighted by Crippen LogP contribution is -2.35. The maximum absolute atomic E-state index is 10.6. The zero-order valence-corrected chi connectivity index (χ0v) is 12.3. The maximum Gasteiger partial charge on any atom is 0.187 e. The summed E-state index contributed by atoms with van der Waals surface area (Å²) in [5.74, 6) is 0.714. The van der Waals surface area contributed by atoms with Gasteiger partial charge in [-0.05, 0) is 24.5 Å². The molecule has 0 bridgehead atoms. The molecule has 0 aliphatic carbocycles. The molecule has 5 heteroatoms. The number of nitrogens with zero attached hydrogens (tertiary/aromatic N) is 2. The van der Waals surface area contributed by atoms with E-state index in [0.29, 0.717) is 12.2 Å². The highest BCUT2D eigenvalue weighted by Crippen LogP contribution is 2.27. The molecule has 1 aromatic carbocycles. The Bertz CT molecular complexity index is 533. The van der Waals surface area contributed by atoms with Gasteiger partial charge < -0.3 is 10.8 Å². The molecule has 0 aliphatic rings. The number of nitrogens with two attached hydrogens (primary N) is 1. The lowest BCUT2D eigenvalue weighted by Gasteiger charge is -2.26. The SMILES string of the molecule is Cc1cnc(SCCC(O)(CN)c2ccccc2)nc1. The number of hydrogen-bond donors (Lipinski definition) is 2. The second kappa shape index (κ2) is 6.83. The first-order chi connectivity index (χ1) is 9.64. The van der Waals surface area contributed by atoms with Gasteiger partial charge in [0.1, 0.15) is 5.60 Å². The molecule has 3 N–H and O–H groups in total. The molecule has 0 aliphatic heterocycles. The Labute approximate surface area is 123 Å². The van der Waals surface area contributed by atoms with Crippen molar-refractivity contribution >= 4 is 11.8 Å². The predicted octanol–water partition coefficient (Wildman–Crippen LogP) is 2.11. The van der Waals surface area contributed by atoms with Crippen molar-refractivity contribution in [2.24, 2.45) is 5.73 Å². The highest BCUT2D eigenvalue weighted by molar-refractivity contribution is 7.99. The van der Waals surface area contributed by atoms with Crippen LogP contribution in [-0.4, -0.2) is 27.4 Å². The van der Waals surface area contributed by atoms with E-state index in [1.54, 1.807) is 12.4 Å². The van der Waals surface area contributed by atoms with Crippen LogP contribution in [0.1, 0.15) is 17.5 Å². The summed E-state index contributed by atoms with van der Waals surface area (Å²) in [5.41, 5.74) is 6.65. The molecule has 0 radical (unpaired) electrons. The average Bonchev–Trinajstić information content (AvgIpc) is 2.50. The van der Waals surface area contributed by atoms with Crippen LogP contribution < -0.4 is 5.73 Å². The molecule has 0 amide bonds. The first-order valence-corrected chi connectivity index (χ1v) is 7.52. The summed E-state index contributed by atoms with van der Waals surface area (Å²) in [6, 6.07) is 9.55. The fraction of sp³-hybridized carbons (Fsp3) is 0.333. The second-order valence-electron chi connectivity index (χ2n) is 4.74. The Hall–Kier alpha value is -1.43. The molecule has 1 heterocycles. The predicted molar refractivity (Wildman–Crippen MR) is 81.5 cm³/mol. The Morgan fingerprint density at radius 1 is 1.20 bits per heavy atom. The lowest BCUT2D eigenvalue weighted by atomic mass is 9.91. The molecule has 4 nitrogen and oxygen atoms in total. The van der Waals surface area contributed by atoms with Crippen LogP contribution in [0.2, 0.25) is 0 Å². The van der Waals surface area contributed by atoms with Crippen molar-refractivity contribution in [1.29, 1.82) is 0 Å². The van der Waals surface area contributed by atoms with Gasteiger partial charge in [0.25, 0.3) is 0 Å². The van der Waals surface area contributed by atoms with Crippen LogP contribution in [0.5, 0.6) is 0 Å². The van der Waals surface area contributed by atoms with E-state index < -0.39 is 5.60 Å². The highest BCUT2D eigenvalue weighted by Gasteiger charge is 2.26. The van der Waals surface area contributed by atoms with Crippen LogP contribution in [0.3, 0.4) is 0 Å². The average molecular weight is 289 g/mol. The number of hydrogen-bond acceptors (Lipinski definition) is 5. The first-order valence-electron chi connectivity index (χ1n) is 6.53. The summed E-state index contributed by atoms with van der Waals surface area (Å²) in [5, 5.41) is 11.4. The third-order valence-corrected chi connectivity index (χ3v) is 4.03. The third-order valence-electron chi connectivity index (χ3n) is 3.15. The number of aliphatic hydroxyl groups is 1. The molecule has 1 atom stereocenters. The Kier molecular flexibility index (Phi) is 5.11. The van der Waals surface area contributed by atoms with E-state index in [-0.39, 0.29) is 6.54 Å². The van der Waals surface area contributed by atoms with Crippen molar-refractivity contribution in [3.63, 3.8) is 0 Å². The highest BCUT2D eigenvalue weighted by atomic mass is 32.2. The van der Waals surface area contributed by atoms with Gasteiger partial charge in [-0.15, -0.1) is 0 Å². The summed E-state index contributed by atoms with van der Waals surface area (Å²) in [6.45, 7) is 2.16. The molecule has 0 spiro atoms. The first kappa shape index (κ1) is 15.0. The Balaban J connectivity index is 1.96. The fourth-order valence-electron chi connectivity index (χ4n) is 1.88. The zero-order valence-electron chi connectivity index (χ0n) is 11.5. The van der Waals surface area contributed by atoms with Gasteiger partial charge in [-0.25, -0.2) is 9.97 Å². The molecule has 2 aromatic rings. The minimum absolute atomic E-state index is 0.201. The summed E-state index contributed by atoms with van der Waals surface area (Å²) in [4.78, 5) is 8.47. The van der Waals surface area contributed by atoms with Gasteiger partial charge in [0.15, 0.2) is 5.16 Å². The van der Waals surface area contributed by atoms with Crippen molar-refractivity contribution in [3.8, 4) is 0 Å². The monoisotopic (exact) mass is 289 g/mol. The van der Waals surface area contributed by atoms with Crippen LogP contribution in [-0.2, 0) is 5.60 Å². The molecular weight excluding hydrogens is 270 g/mol. The molecule has 1 unspecified atom stereocenters. The van der Waals surface area contributed by atoms with E-state index in [4.69, 9.17) is 5.73 Å². The standard InChI is InChI=1S/C15H19N3OS/c1-12-9-17-14(18-10-12)20-8-7-15(19,11-16)13-5-3-2-4-6-13/h2-6,9-10,19H,7-8,11,16H2,1H3. The number of aromatic nitrogens is 2. The Morgan fingerprint density at radius 2 is 1.85 bits per heavy atom. The largest absolute Gasteiger partial charge is 0.384 e. The quantitative estimate of drug-likeness (QED) is 0.629. The molecule has 0 saturated heterocycles. The molecular formula is C15H19N3OS. The number of rotatable bonds is 6. The molecule has 0 saturated carbocycles. The summed E-state index contributed by atoms with van der Waals surface area (Å²) in [6.07, 6.45) is 4.15. The van der Waals surface area contributed by atoms with Gasteiger partial charge in [0.05, 0.1) is 0 Å². The normalized spacial score (nSPS) is 13.9. The molecule has 2 rings (SSSR count). The van der Waals surface area contributed by atoms with Gasteiger partial charge in [0, 0.05) is 24.7 Å². The maximum atomic E-state index is 10.6. The van der Waals surface area contributed by atoms with E-state index >= 15 is 0 Å². The summed E-state index contributed by atoms with van der Waals surface area (Å²) in [7, 11) is 0. The fourth-order valence-corrected chi connectivity index (χ4v) is 2.76. The minimum atomic E-state index is -0.987. The topological polar surface area (TPSA) is 72.0 Å². The molecule has 1 aromatic heterocycles. The second-order valence-corrected chi connectivity index (χ2v) is 5.81. The van der Waals surface area contributed by atoms with E-state index in [0.717, 1.165) is 16.3 Å². The molecule has 20 heavy (non-hydrogen) atoms.